The number of hydrogen-bond donors (Lipinski definition) is 3. The molecule has 7 heteroatoms. The summed E-state index contributed by atoms with van der Waals surface area (Å²) in [5.74, 6) is 0.768. The highest BCUT2D eigenvalue weighted by Gasteiger charge is 2.11. The molecular formula is C10H15ClNO3PS. The van der Waals surface area contributed by atoms with E-state index in [1.165, 1.54) is 0 Å². The first kappa shape index (κ1) is 14.9. The standard InChI is InChI=1S/C10H15ClNO3PS/c11-8-3-4-9(12)10(7-8)17-6-2-1-5-16(13,14)15/h3-4,7H,1-2,5-6,12H2,(H2,13,14,15). The van der Waals surface area contributed by atoms with Gasteiger partial charge in [0.05, 0.1) is 0 Å². The second kappa shape index (κ2) is 6.66. The molecule has 17 heavy (non-hydrogen) atoms. The Bertz CT molecular complexity index is 424. The predicted octanol–water partition coefficient (Wildman–Crippen LogP) is 2.97. The molecule has 0 fully saturated rings. The molecule has 0 saturated carbocycles. The maximum absolute atomic E-state index is 10.6. The van der Waals surface area contributed by atoms with Crippen molar-refractivity contribution in [2.45, 2.75) is 17.7 Å². The van der Waals surface area contributed by atoms with E-state index in [2.05, 4.69) is 0 Å². The zero-order chi connectivity index (χ0) is 12.9. The third-order valence-corrected chi connectivity index (χ3v) is 4.37. The van der Waals surface area contributed by atoms with Gasteiger partial charge in [-0.3, -0.25) is 4.57 Å². The summed E-state index contributed by atoms with van der Waals surface area (Å²) in [6, 6.07) is 5.28. The van der Waals surface area contributed by atoms with Crippen LogP contribution in [0.5, 0.6) is 0 Å². The average molecular weight is 296 g/mol. The van der Waals surface area contributed by atoms with Crippen LogP contribution in [0.2, 0.25) is 5.02 Å². The van der Waals surface area contributed by atoms with Crippen LogP contribution < -0.4 is 5.73 Å². The van der Waals surface area contributed by atoms with E-state index in [1.54, 1.807) is 30.0 Å². The molecule has 0 amide bonds. The molecule has 96 valence electrons. The lowest BCUT2D eigenvalue weighted by molar-refractivity contribution is 0.371. The summed E-state index contributed by atoms with van der Waals surface area (Å²) in [6.45, 7) is 0. The summed E-state index contributed by atoms with van der Waals surface area (Å²) in [4.78, 5) is 18.3. The summed E-state index contributed by atoms with van der Waals surface area (Å²) >= 11 is 7.39. The second-order valence-electron chi connectivity index (χ2n) is 3.63. The molecule has 1 aromatic carbocycles. The fourth-order valence-corrected chi connectivity index (χ4v) is 3.12. The Kier molecular flexibility index (Phi) is 5.83. The van der Waals surface area contributed by atoms with Crippen molar-refractivity contribution in [3.63, 3.8) is 0 Å². The molecule has 0 saturated heterocycles. The van der Waals surface area contributed by atoms with Gasteiger partial charge >= 0.3 is 7.60 Å². The normalized spacial score (nSPS) is 11.7. The number of nitrogen functional groups attached to an aromatic ring is 1. The van der Waals surface area contributed by atoms with Gasteiger partial charge in [-0.15, -0.1) is 11.8 Å². The summed E-state index contributed by atoms with van der Waals surface area (Å²) in [5.41, 5.74) is 6.44. The van der Waals surface area contributed by atoms with Crippen LogP contribution in [0, 0.1) is 0 Å². The molecule has 0 radical (unpaired) electrons. The Morgan fingerprint density at radius 3 is 2.71 bits per heavy atom. The Balaban J connectivity index is 2.31. The van der Waals surface area contributed by atoms with Crippen molar-refractivity contribution in [2.75, 3.05) is 17.6 Å². The minimum absolute atomic E-state index is 0.0570. The largest absolute Gasteiger partial charge is 0.398 e. The zero-order valence-electron chi connectivity index (χ0n) is 9.17. The molecule has 0 aliphatic carbocycles. The topological polar surface area (TPSA) is 83.6 Å². The molecule has 0 aromatic heterocycles. The molecule has 1 aromatic rings. The highest BCUT2D eigenvalue weighted by Crippen LogP contribution is 2.36. The van der Waals surface area contributed by atoms with Gasteiger partial charge in [0.1, 0.15) is 0 Å². The van der Waals surface area contributed by atoms with E-state index >= 15 is 0 Å². The molecule has 0 heterocycles. The van der Waals surface area contributed by atoms with Gasteiger partial charge in [0.15, 0.2) is 0 Å². The third kappa shape index (κ3) is 6.34. The van der Waals surface area contributed by atoms with Crippen LogP contribution in [0.4, 0.5) is 5.69 Å². The Morgan fingerprint density at radius 1 is 1.35 bits per heavy atom. The van der Waals surface area contributed by atoms with Crippen molar-refractivity contribution in [3.8, 4) is 0 Å². The van der Waals surface area contributed by atoms with E-state index in [0.29, 0.717) is 17.1 Å². The Labute approximate surface area is 110 Å². The highest BCUT2D eigenvalue weighted by molar-refractivity contribution is 7.99. The molecule has 0 unspecified atom stereocenters. The van der Waals surface area contributed by atoms with Gasteiger partial charge in [0, 0.05) is 21.8 Å². The quantitative estimate of drug-likeness (QED) is 0.325. The number of hydrogen-bond acceptors (Lipinski definition) is 3. The summed E-state index contributed by atoms with van der Waals surface area (Å²) in [5, 5.41) is 0.636. The van der Waals surface area contributed by atoms with Crippen molar-refractivity contribution in [1.82, 2.24) is 0 Å². The van der Waals surface area contributed by atoms with Crippen LogP contribution in [0.3, 0.4) is 0 Å². The highest BCUT2D eigenvalue weighted by atomic mass is 35.5. The van der Waals surface area contributed by atoms with Gasteiger partial charge in [-0.05, 0) is 36.8 Å². The van der Waals surface area contributed by atoms with Gasteiger partial charge in [0.25, 0.3) is 0 Å². The lowest BCUT2D eigenvalue weighted by Crippen LogP contribution is -1.91. The predicted molar refractivity (Wildman–Crippen MR) is 72.7 cm³/mol. The molecule has 0 spiro atoms. The molecule has 4 N–H and O–H groups in total. The smallest absolute Gasteiger partial charge is 0.325 e. The number of thioether (sulfide) groups is 1. The fourth-order valence-electron chi connectivity index (χ4n) is 1.24. The van der Waals surface area contributed by atoms with E-state index < -0.39 is 7.60 Å². The van der Waals surface area contributed by atoms with E-state index in [-0.39, 0.29) is 6.16 Å². The summed E-state index contributed by atoms with van der Waals surface area (Å²) in [6.07, 6.45) is 1.19. The van der Waals surface area contributed by atoms with Crippen molar-refractivity contribution >= 4 is 36.6 Å². The minimum atomic E-state index is -3.85. The number of halogens is 1. The number of nitrogens with two attached hydrogens (primary N) is 1. The number of unbranched alkanes of at least 4 members (excludes halogenated alkanes) is 1. The number of anilines is 1. The molecule has 0 aliphatic heterocycles. The Hall–Kier alpha value is -0.190. The van der Waals surface area contributed by atoms with Crippen LogP contribution in [0.25, 0.3) is 0 Å². The van der Waals surface area contributed by atoms with E-state index in [0.717, 1.165) is 17.1 Å². The SMILES string of the molecule is Nc1ccc(Cl)cc1SCCCCP(=O)(O)O. The molecular weight excluding hydrogens is 281 g/mol. The van der Waals surface area contributed by atoms with Crippen LogP contribution >= 0.6 is 31.0 Å². The van der Waals surface area contributed by atoms with Gasteiger partial charge in [0.2, 0.25) is 0 Å². The van der Waals surface area contributed by atoms with Crippen molar-refractivity contribution in [2.24, 2.45) is 0 Å². The molecule has 4 nitrogen and oxygen atoms in total. The summed E-state index contributed by atoms with van der Waals surface area (Å²) < 4.78 is 10.6. The number of benzene rings is 1. The van der Waals surface area contributed by atoms with Gasteiger partial charge in [-0.1, -0.05) is 11.6 Å². The summed E-state index contributed by atoms with van der Waals surface area (Å²) in [7, 11) is -3.85. The maximum Gasteiger partial charge on any atom is 0.325 e. The van der Waals surface area contributed by atoms with Crippen LogP contribution in [0.1, 0.15) is 12.8 Å². The zero-order valence-corrected chi connectivity index (χ0v) is 11.6. The molecule has 1 rings (SSSR count). The Morgan fingerprint density at radius 2 is 2.06 bits per heavy atom. The van der Waals surface area contributed by atoms with Crippen molar-refractivity contribution in [1.29, 1.82) is 0 Å². The lowest BCUT2D eigenvalue weighted by Gasteiger charge is -2.06. The first-order valence-corrected chi connectivity index (χ1v) is 8.27. The second-order valence-corrected chi connectivity index (χ2v) is 6.98. The van der Waals surface area contributed by atoms with Crippen LogP contribution in [0.15, 0.2) is 23.1 Å². The fraction of sp³-hybridized carbons (Fsp3) is 0.400. The average Bonchev–Trinajstić information content (AvgIpc) is 2.21. The van der Waals surface area contributed by atoms with E-state index in [9.17, 15) is 4.57 Å². The van der Waals surface area contributed by atoms with Crippen molar-refractivity contribution < 1.29 is 14.4 Å². The minimum Gasteiger partial charge on any atom is -0.398 e. The molecule has 0 atom stereocenters. The van der Waals surface area contributed by atoms with Gasteiger partial charge < -0.3 is 15.5 Å². The van der Waals surface area contributed by atoms with Gasteiger partial charge in [-0.2, -0.15) is 0 Å². The molecule has 0 aliphatic rings. The van der Waals surface area contributed by atoms with E-state index in [1.807, 2.05) is 0 Å². The monoisotopic (exact) mass is 295 g/mol. The van der Waals surface area contributed by atoms with Crippen molar-refractivity contribution in [3.05, 3.63) is 23.2 Å². The van der Waals surface area contributed by atoms with Crippen LogP contribution in [-0.4, -0.2) is 21.7 Å². The van der Waals surface area contributed by atoms with Crippen LogP contribution in [-0.2, 0) is 4.57 Å². The first-order chi connectivity index (χ1) is 7.88. The lowest BCUT2D eigenvalue weighted by atomic mass is 10.3. The van der Waals surface area contributed by atoms with Gasteiger partial charge in [-0.25, -0.2) is 0 Å². The first-order valence-electron chi connectivity index (χ1n) is 5.11. The third-order valence-electron chi connectivity index (χ3n) is 2.08. The number of rotatable bonds is 6. The molecule has 0 bridgehead atoms. The maximum atomic E-state index is 10.6. The van der Waals surface area contributed by atoms with E-state index in [4.69, 9.17) is 27.1 Å².